The Balaban J connectivity index is 2.12. The molecule has 1 unspecified atom stereocenters. The van der Waals surface area contributed by atoms with Crippen molar-refractivity contribution in [1.82, 2.24) is 0 Å². The summed E-state index contributed by atoms with van der Waals surface area (Å²) < 4.78 is 2.66. The molecule has 1 aliphatic rings. The van der Waals surface area contributed by atoms with E-state index in [-0.39, 0.29) is 11.0 Å². The summed E-state index contributed by atoms with van der Waals surface area (Å²) in [6.07, 6.45) is 9.49. The lowest BCUT2D eigenvalue weighted by Gasteiger charge is -2.48. The fraction of sp³-hybridized carbons (Fsp3) is 0.464. The van der Waals surface area contributed by atoms with Crippen molar-refractivity contribution < 1.29 is 4.57 Å². The summed E-state index contributed by atoms with van der Waals surface area (Å²) in [7, 11) is 0. The third kappa shape index (κ3) is 2.70. The highest BCUT2D eigenvalue weighted by Gasteiger charge is 2.58. The van der Waals surface area contributed by atoms with Crippen LogP contribution in [0.1, 0.15) is 77.8 Å². The maximum atomic E-state index is 2.66. The number of nitrogens with zero attached hydrogens (tertiary/aromatic N) is 1. The third-order valence-electron chi connectivity index (χ3n) is 8.02. The Bertz CT molecular complexity index is 1030. The average Bonchev–Trinajstić information content (AvgIpc) is 2.78. The van der Waals surface area contributed by atoms with Gasteiger partial charge in [0.15, 0.2) is 11.7 Å². The molecule has 0 spiro atoms. The molecule has 1 nitrogen and oxygen atoms in total. The molecule has 152 valence electrons. The molecule has 4 rings (SSSR count). The number of rotatable bonds is 6. The summed E-state index contributed by atoms with van der Waals surface area (Å²) in [6, 6.07) is 18.5. The van der Waals surface area contributed by atoms with Crippen molar-refractivity contribution in [2.45, 2.75) is 84.1 Å². The summed E-state index contributed by atoms with van der Waals surface area (Å²) >= 11 is 0. The van der Waals surface area contributed by atoms with Gasteiger partial charge in [-0.05, 0) is 54.8 Å². The molecule has 0 saturated heterocycles. The summed E-state index contributed by atoms with van der Waals surface area (Å²) in [5, 5.41) is 2.85. The van der Waals surface area contributed by atoms with Crippen molar-refractivity contribution in [2.24, 2.45) is 0 Å². The second kappa shape index (κ2) is 7.59. The lowest BCUT2D eigenvalue weighted by atomic mass is 9.58. The first kappa shape index (κ1) is 20.1. The minimum absolute atomic E-state index is 0.0963. The van der Waals surface area contributed by atoms with Crippen LogP contribution in [-0.2, 0) is 17.4 Å². The van der Waals surface area contributed by atoms with Crippen LogP contribution < -0.4 is 4.57 Å². The minimum Gasteiger partial charge on any atom is -0.192 e. The number of aromatic nitrogens is 1. The molecule has 2 heterocycles. The van der Waals surface area contributed by atoms with Crippen LogP contribution in [0.3, 0.4) is 0 Å². The fourth-order valence-corrected chi connectivity index (χ4v) is 6.16. The molecule has 0 aliphatic carbocycles. The molecule has 1 aliphatic heterocycles. The Morgan fingerprint density at radius 1 is 0.793 bits per heavy atom. The van der Waals surface area contributed by atoms with E-state index in [9.17, 15) is 0 Å². The highest BCUT2D eigenvalue weighted by molar-refractivity contribution is 5.96. The van der Waals surface area contributed by atoms with E-state index in [2.05, 4.69) is 93.9 Å². The van der Waals surface area contributed by atoms with Crippen molar-refractivity contribution in [3.63, 3.8) is 0 Å². The second-order valence-corrected chi connectivity index (χ2v) is 8.99. The summed E-state index contributed by atoms with van der Waals surface area (Å²) in [6.45, 7) is 11.9. The Labute approximate surface area is 176 Å². The number of hydrogen-bond acceptors (Lipinski definition) is 0. The van der Waals surface area contributed by atoms with E-state index in [4.69, 9.17) is 0 Å². The molecule has 1 atom stereocenters. The molecule has 3 aromatic rings. The first-order valence-electron chi connectivity index (χ1n) is 11.6. The van der Waals surface area contributed by atoms with Crippen molar-refractivity contribution >= 4 is 10.8 Å². The third-order valence-corrected chi connectivity index (χ3v) is 8.02. The second-order valence-electron chi connectivity index (χ2n) is 8.99. The first-order valence-corrected chi connectivity index (χ1v) is 11.6. The van der Waals surface area contributed by atoms with Gasteiger partial charge in [-0.25, -0.2) is 0 Å². The summed E-state index contributed by atoms with van der Waals surface area (Å²) in [5.41, 5.74) is 6.08. The fourth-order valence-electron chi connectivity index (χ4n) is 6.16. The summed E-state index contributed by atoms with van der Waals surface area (Å²) in [5.74, 6) is 0. The van der Waals surface area contributed by atoms with Crippen LogP contribution in [0.4, 0.5) is 0 Å². The van der Waals surface area contributed by atoms with Gasteiger partial charge in [-0.15, -0.1) is 0 Å². The Morgan fingerprint density at radius 2 is 1.55 bits per heavy atom. The van der Waals surface area contributed by atoms with Crippen molar-refractivity contribution in [2.75, 3.05) is 0 Å². The van der Waals surface area contributed by atoms with Crippen molar-refractivity contribution in [1.29, 1.82) is 0 Å². The van der Waals surface area contributed by atoms with Crippen LogP contribution in [0.5, 0.6) is 0 Å². The summed E-state index contributed by atoms with van der Waals surface area (Å²) in [4.78, 5) is 0. The van der Waals surface area contributed by atoms with Gasteiger partial charge >= 0.3 is 0 Å². The zero-order valence-corrected chi connectivity index (χ0v) is 18.9. The van der Waals surface area contributed by atoms with E-state index in [0.717, 1.165) is 25.7 Å². The lowest BCUT2D eigenvalue weighted by Crippen LogP contribution is -2.68. The number of aryl methyl sites for hydroxylation is 1. The molecule has 0 N–H and O–H groups in total. The Morgan fingerprint density at radius 3 is 2.24 bits per heavy atom. The standard InChI is InChI=1S/C28H36N/c1-6-10-14-21-15-13-17-23-22(21)19-20-29-26(23)24-16-11-12-18-25(24)27(5,7-2)28(29,8-3)9-4/h11-13,15-20H,6-10,14H2,1-5H3/q+1. The van der Waals surface area contributed by atoms with E-state index >= 15 is 0 Å². The molecule has 1 aromatic heterocycles. The van der Waals surface area contributed by atoms with Gasteiger partial charge in [0.05, 0.1) is 16.4 Å². The van der Waals surface area contributed by atoms with Crippen LogP contribution in [0.2, 0.25) is 0 Å². The lowest BCUT2D eigenvalue weighted by molar-refractivity contribution is -0.768. The molecule has 0 bridgehead atoms. The van der Waals surface area contributed by atoms with Gasteiger partial charge in [0.2, 0.25) is 5.69 Å². The molecule has 0 saturated carbocycles. The monoisotopic (exact) mass is 386 g/mol. The van der Waals surface area contributed by atoms with Gasteiger partial charge in [0, 0.05) is 18.9 Å². The van der Waals surface area contributed by atoms with Crippen LogP contribution >= 0.6 is 0 Å². The molecule has 0 fully saturated rings. The highest BCUT2D eigenvalue weighted by atomic mass is 15.1. The molecular formula is C28H36N+. The Kier molecular flexibility index (Phi) is 5.27. The number of unbranched alkanes of at least 4 members (excludes halogenated alkanes) is 1. The zero-order valence-electron chi connectivity index (χ0n) is 18.9. The van der Waals surface area contributed by atoms with E-state index in [0.29, 0.717) is 0 Å². The molecule has 1 heteroatoms. The van der Waals surface area contributed by atoms with Gasteiger partial charge in [-0.3, -0.25) is 0 Å². The zero-order chi connectivity index (χ0) is 20.6. The van der Waals surface area contributed by atoms with Crippen LogP contribution in [0.25, 0.3) is 22.0 Å². The number of pyridine rings is 1. The minimum atomic E-state index is 0.0963. The number of benzene rings is 2. The van der Waals surface area contributed by atoms with E-state index in [1.165, 1.54) is 46.0 Å². The quantitative estimate of drug-likeness (QED) is 0.390. The van der Waals surface area contributed by atoms with Crippen LogP contribution in [-0.4, -0.2) is 0 Å². The predicted octanol–water partition coefficient (Wildman–Crippen LogP) is 7.33. The normalized spacial score (nSPS) is 19.8. The number of hydrogen-bond donors (Lipinski definition) is 0. The maximum Gasteiger partial charge on any atom is 0.221 e. The van der Waals surface area contributed by atoms with E-state index in [1.807, 2.05) is 0 Å². The van der Waals surface area contributed by atoms with Crippen LogP contribution in [0.15, 0.2) is 54.7 Å². The molecule has 0 amide bonds. The largest absolute Gasteiger partial charge is 0.221 e. The highest BCUT2D eigenvalue weighted by Crippen LogP contribution is 2.52. The molecular weight excluding hydrogens is 350 g/mol. The average molecular weight is 387 g/mol. The van der Waals surface area contributed by atoms with Gasteiger partial charge in [0.1, 0.15) is 0 Å². The van der Waals surface area contributed by atoms with Crippen LogP contribution in [0, 0.1) is 0 Å². The smallest absolute Gasteiger partial charge is 0.192 e. The first-order chi connectivity index (χ1) is 14.1. The van der Waals surface area contributed by atoms with Gasteiger partial charge < -0.3 is 0 Å². The SMILES string of the molecule is CCCCc1cccc2c3[n+](ccc12)C(CC)(CC)C(C)(CC)c1ccccc1-3. The van der Waals surface area contributed by atoms with E-state index < -0.39 is 0 Å². The predicted molar refractivity (Wildman–Crippen MR) is 124 cm³/mol. The Hall–Kier alpha value is -2.15. The molecule has 2 aromatic carbocycles. The van der Waals surface area contributed by atoms with Gasteiger partial charge in [-0.1, -0.05) is 64.4 Å². The number of fused-ring (bicyclic) bond motifs is 5. The van der Waals surface area contributed by atoms with Gasteiger partial charge in [-0.2, -0.15) is 4.57 Å². The maximum absolute atomic E-state index is 2.66. The topological polar surface area (TPSA) is 3.88 Å². The van der Waals surface area contributed by atoms with Crippen molar-refractivity contribution in [3.05, 3.63) is 65.9 Å². The molecule has 0 radical (unpaired) electrons. The van der Waals surface area contributed by atoms with E-state index in [1.54, 1.807) is 0 Å². The van der Waals surface area contributed by atoms with Gasteiger partial charge in [0.25, 0.3) is 0 Å². The molecule has 29 heavy (non-hydrogen) atoms. The van der Waals surface area contributed by atoms with Crippen molar-refractivity contribution in [3.8, 4) is 11.3 Å².